The average Bonchev–Trinajstić information content (AvgIpc) is 2.65. The number of ether oxygens (including phenoxy) is 2. The number of hydrogen-bond acceptors (Lipinski definition) is 5. The number of benzene rings is 2. The molecule has 0 aromatic heterocycles. The van der Waals surface area contributed by atoms with Crippen LogP contribution in [0.3, 0.4) is 0 Å². The molecule has 0 saturated heterocycles. The van der Waals surface area contributed by atoms with Gasteiger partial charge in [0.05, 0.1) is 25.6 Å². The van der Waals surface area contributed by atoms with Crippen molar-refractivity contribution in [3.8, 4) is 11.5 Å². The molecule has 0 bridgehead atoms. The van der Waals surface area contributed by atoms with Crippen LogP contribution in [0.4, 0.5) is 5.69 Å². The maximum Gasteiger partial charge on any atom is 0.240 e. The van der Waals surface area contributed by atoms with Gasteiger partial charge < -0.3 is 14.8 Å². The van der Waals surface area contributed by atoms with Crippen molar-refractivity contribution in [2.24, 2.45) is 0 Å². The molecule has 0 aliphatic carbocycles. The third kappa shape index (κ3) is 5.63. The van der Waals surface area contributed by atoms with Gasteiger partial charge in [-0.25, -0.2) is 8.42 Å². The summed E-state index contributed by atoms with van der Waals surface area (Å²) in [5.41, 5.74) is 2.49. The first kappa shape index (κ1) is 21.6. The van der Waals surface area contributed by atoms with E-state index >= 15 is 0 Å². The highest BCUT2D eigenvalue weighted by molar-refractivity contribution is 7.92. The summed E-state index contributed by atoms with van der Waals surface area (Å²) in [6.45, 7) is 4.17. The second-order valence-electron chi connectivity index (χ2n) is 6.34. The maximum absolute atomic E-state index is 12.3. The van der Waals surface area contributed by atoms with Crippen LogP contribution in [-0.4, -0.2) is 47.4 Å². The number of carbonyl (C=O) groups excluding carboxylic acids is 1. The second kappa shape index (κ2) is 9.45. The van der Waals surface area contributed by atoms with Gasteiger partial charge in [-0.1, -0.05) is 24.3 Å². The van der Waals surface area contributed by atoms with Gasteiger partial charge in [-0.3, -0.25) is 9.10 Å². The number of hydrogen-bond donors (Lipinski definition) is 1. The average molecular weight is 407 g/mol. The Hall–Kier alpha value is -2.74. The third-order valence-corrected chi connectivity index (χ3v) is 5.40. The van der Waals surface area contributed by atoms with Crippen LogP contribution < -0.4 is 19.1 Å². The molecule has 0 heterocycles. The predicted octanol–water partition coefficient (Wildman–Crippen LogP) is 2.27. The van der Waals surface area contributed by atoms with Gasteiger partial charge in [-0.05, 0) is 43.2 Å². The van der Waals surface area contributed by atoms with Crippen LogP contribution in [0.1, 0.15) is 11.1 Å². The maximum atomic E-state index is 12.3. The number of nitrogens with one attached hydrogen (secondary N) is 1. The molecule has 0 aliphatic rings. The molecular formula is C20H26N2O5S. The lowest BCUT2D eigenvalue weighted by molar-refractivity contribution is -0.119. The van der Waals surface area contributed by atoms with E-state index in [4.69, 9.17) is 9.47 Å². The van der Waals surface area contributed by atoms with Gasteiger partial charge in [0.25, 0.3) is 0 Å². The quantitative estimate of drug-likeness (QED) is 0.646. The van der Waals surface area contributed by atoms with Crippen LogP contribution >= 0.6 is 0 Å². The molecule has 8 heteroatoms. The highest BCUT2D eigenvalue weighted by Crippen LogP contribution is 2.29. The molecule has 2 aromatic carbocycles. The Morgan fingerprint density at radius 2 is 1.75 bits per heavy atom. The van der Waals surface area contributed by atoms with E-state index in [2.05, 4.69) is 5.32 Å². The Bertz CT molecular complexity index is 928. The lowest BCUT2D eigenvalue weighted by Crippen LogP contribution is -2.41. The molecule has 0 fully saturated rings. The first-order chi connectivity index (χ1) is 13.2. The zero-order valence-electron chi connectivity index (χ0n) is 16.6. The lowest BCUT2D eigenvalue weighted by atomic mass is 10.1. The van der Waals surface area contributed by atoms with Crippen molar-refractivity contribution >= 4 is 21.6 Å². The number of sulfonamides is 1. The zero-order valence-corrected chi connectivity index (χ0v) is 17.4. The normalized spacial score (nSPS) is 11.0. The molecule has 1 N–H and O–H groups in total. The standard InChI is InChI=1S/C20H26N2O5S/c1-15-8-7-11-18(16(15)2)27-13-12-21-20(23)14-22(28(4,24)25)17-9-5-6-10-19(17)26-3/h5-11H,12-14H2,1-4H3,(H,21,23). The van der Waals surface area contributed by atoms with Gasteiger partial charge >= 0.3 is 0 Å². The fourth-order valence-corrected chi connectivity index (χ4v) is 3.50. The number of rotatable bonds is 9. The van der Waals surface area contributed by atoms with E-state index in [1.54, 1.807) is 24.3 Å². The molecular weight excluding hydrogens is 380 g/mol. The summed E-state index contributed by atoms with van der Waals surface area (Å²) in [5.74, 6) is 0.709. The summed E-state index contributed by atoms with van der Waals surface area (Å²) in [6, 6.07) is 12.4. The van der Waals surface area contributed by atoms with E-state index in [9.17, 15) is 13.2 Å². The highest BCUT2D eigenvalue weighted by atomic mass is 32.2. The van der Waals surface area contributed by atoms with E-state index in [-0.39, 0.29) is 19.7 Å². The Kier molecular flexibility index (Phi) is 7.28. The minimum absolute atomic E-state index is 0.260. The number of aryl methyl sites for hydroxylation is 1. The van der Waals surface area contributed by atoms with Crippen LogP contribution in [0.2, 0.25) is 0 Å². The summed E-state index contributed by atoms with van der Waals surface area (Å²) >= 11 is 0. The number of para-hydroxylation sites is 2. The molecule has 0 unspecified atom stereocenters. The Balaban J connectivity index is 1.96. The molecule has 2 rings (SSSR count). The van der Waals surface area contributed by atoms with Crippen LogP contribution in [0.5, 0.6) is 11.5 Å². The topological polar surface area (TPSA) is 84.9 Å². The van der Waals surface area contributed by atoms with Gasteiger partial charge in [0.15, 0.2) is 0 Å². The van der Waals surface area contributed by atoms with Gasteiger partial charge in [0.1, 0.15) is 24.7 Å². The van der Waals surface area contributed by atoms with Crippen molar-refractivity contribution in [2.75, 3.05) is 37.4 Å². The van der Waals surface area contributed by atoms with Crippen molar-refractivity contribution in [3.63, 3.8) is 0 Å². The zero-order chi connectivity index (χ0) is 20.7. The molecule has 0 saturated carbocycles. The summed E-state index contributed by atoms with van der Waals surface area (Å²) in [7, 11) is -2.22. The summed E-state index contributed by atoms with van der Waals surface area (Å²) in [4.78, 5) is 12.3. The Morgan fingerprint density at radius 3 is 2.43 bits per heavy atom. The third-order valence-electron chi connectivity index (χ3n) is 4.28. The second-order valence-corrected chi connectivity index (χ2v) is 8.24. The number of amides is 1. The first-order valence-electron chi connectivity index (χ1n) is 8.80. The highest BCUT2D eigenvalue weighted by Gasteiger charge is 2.23. The summed E-state index contributed by atoms with van der Waals surface area (Å²) in [5, 5.41) is 2.69. The van der Waals surface area contributed by atoms with E-state index in [1.807, 2.05) is 32.0 Å². The smallest absolute Gasteiger partial charge is 0.240 e. The van der Waals surface area contributed by atoms with Crippen LogP contribution in [-0.2, 0) is 14.8 Å². The van der Waals surface area contributed by atoms with E-state index in [0.29, 0.717) is 11.4 Å². The molecule has 28 heavy (non-hydrogen) atoms. The Labute approximate surface area is 166 Å². The van der Waals surface area contributed by atoms with Crippen molar-refractivity contribution in [1.29, 1.82) is 0 Å². The molecule has 152 valence electrons. The van der Waals surface area contributed by atoms with E-state index < -0.39 is 15.9 Å². The fraction of sp³-hybridized carbons (Fsp3) is 0.350. The number of methoxy groups -OCH3 is 1. The molecule has 7 nitrogen and oxygen atoms in total. The largest absolute Gasteiger partial charge is 0.495 e. The minimum atomic E-state index is -3.67. The van der Waals surface area contributed by atoms with Crippen molar-refractivity contribution in [2.45, 2.75) is 13.8 Å². The van der Waals surface area contributed by atoms with E-state index in [0.717, 1.165) is 27.4 Å². The van der Waals surface area contributed by atoms with Crippen molar-refractivity contribution in [3.05, 3.63) is 53.6 Å². The first-order valence-corrected chi connectivity index (χ1v) is 10.7. The van der Waals surface area contributed by atoms with Crippen molar-refractivity contribution in [1.82, 2.24) is 5.32 Å². The fourth-order valence-electron chi connectivity index (χ4n) is 2.64. The van der Waals surface area contributed by atoms with Crippen LogP contribution in [0.25, 0.3) is 0 Å². The summed E-state index contributed by atoms with van der Waals surface area (Å²) < 4.78 is 36.3. The molecule has 0 atom stereocenters. The van der Waals surface area contributed by atoms with E-state index in [1.165, 1.54) is 7.11 Å². The SMILES string of the molecule is COc1ccccc1N(CC(=O)NCCOc1cccc(C)c1C)S(C)(=O)=O. The molecule has 0 spiro atoms. The van der Waals surface area contributed by atoms with Gasteiger partial charge in [-0.2, -0.15) is 0 Å². The monoisotopic (exact) mass is 406 g/mol. The number of anilines is 1. The van der Waals surface area contributed by atoms with Crippen molar-refractivity contribution < 1.29 is 22.7 Å². The Morgan fingerprint density at radius 1 is 1.07 bits per heavy atom. The number of carbonyl (C=O) groups is 1. The lowest BCUT2D eigenvalue weighted by Gasteiger charge is -2.23. The van der Waals surface area contributed by atoms with Gasteiger partial charge in [0.2, 0.25) is 15.9 Å². The van der Waals surface area contributed by atoms with Gasteiger partial charge in [0, 0.05) is 0 Å². The van der Waals surface area contributed by atoms with Crippen LogP contribution in [0.15, 0.2) is 42.5 Å². The minimum Gasteiger partial charge on any atom is -0.495 e. The predicted molar refractivity (Wildman–Crippen MR) is 110 cm³/mol. The number of nitrogens with zero attached hydrogens (tertiary/aromatic N) is 1. The molecule has 1 amide bonds. The summed E-state index contributed by atoms with van der Waals surface area (Å²) in [6.07, 6.45) is 1.05. The molecule has 0 aliphatic heterocycles. The molecule has 0 radical (unpaired) electrons. The molecule has 2 aromatic rings. The van der Waals surface area contributed by atoms with Crippen LogP contribution in [0, 0.1) is 13.8 Å². The van der Waals surface area contributed by atoms with Gasteiger partial charge in [-0.15, -0.1) is 0 Å².